The molecule has 0 saturated carbocycles. The van der Waals surface area contributed by atoms with Crippen LogP contribution in [0.2, 0.25) is 0 Å². The summed E-state index contributed by atoms with van der Waals surface area (Å²) in [6.45, 7) is 6.18. The number of hydrogen-bond acceptors (Lipinski definition) is 4. The van der Waals surface area contributed by atoms with Gasteiger partial charge in [0.15, 0.2) is 0 Å². The van der Waals surface area contributed by atoms with Crippen LogP contribution in [-0.4, -0.2) is 23.9 Å². The van der Waals surface area contributed by atoms with E-state index in [1.807, 2.05) is 48.5 Å². The van der Waals surface area contributed by atoms with Crippen molar-refractivity contribution in [2.24, 2.45) is 0 Å². The van der Waals surface area contributed by atoms with E-state index in [9.17, 15) is 0 Å². The van der Waals surface area contributed by atoms with E-state index >= 15 is 0 Å². The lowest BCUT2D eigenvalue weighted by Gasteiger charge is -2.11. The molecule has 0 aliphatic rings. The van der Waals surface area contributed by atoms with Gasteiger partial charge in [0, 0.05) is 26.1 Å². The maximum absolute atomic E-state index is 5.19. The Morgan fingerprint density at radius 3 is 2.06 bits per heavy atom. The minimum absolute atomic E-state index is 0.574. The molecule has 0 unspecified atom stereocenters. The van der Waals surface area contributed by atoms with Gasteiger partial charge in [0.2, 0.25) is 11.7 Å². The average Bonchev–Trinajstić information content (AvgIpc) is 3.80. The summed E-state index contributed by atoms with van der Waals surface area (Å²) in [5.41, 5.74) is 11.2. The monoisotopic (exact) mass is 635 g/mol. The fraction of sp³-hybridized carbons (Fsp3) is 0.0238. The van der Waals surface area contributed by atoms with Gasteiger partial charge in [-0.3, -0.25) is 4.40 Å². The minimum atomic E-state index is 0.574. The fourth-order valence-corrected chi connectivity index (χ4v) is 7.99. The molecule has 0 atom stereocenters. The number of para-hydroxylation sites is 2. The van der Waals surface area contributed by atoms with E-state index in [1.54, 1.807) is 11.3 Å². The topological polar surface area (TPSA) is 48.0 Å². The largest absolute Gasteiger partial charge is 0.276 e. The van der Waals surface area contributed by atoms with Gasteiger partial charge >= 0.3 is 0 Å². The van der Waals surface area contributed by atoms with Crippen molar-refractivity contribution < 1.29 is 0 Å². The van der Waals surface area contributed by atoms with Crippen LogP contribution in [0.1, 0.15) is 17.4 Å². The van der Waals surface area contributed by atoms with Crippen LogP contribution >= 0.6 is 11.3 Å². The molecule has 6 heteroatoms. The zero-order valence-electron chi connectivity index (χ0n) is 26.2. The van der Waals surface area contributed by atoms with E-state index in [-0.39, 0.29) is 0 Å². The van der Waals surface area contributed by atoms with E-state index < -0.39 is 0 Å². The first-order valence-electron chi connectivity index (χ1n) is 15.9. The summed E-state index contributed by atoms with van der Waals surface area (Å²) in [7, 11) is 0. The predicted molar refractivity (Wildman–Crippen MR) is 202 cm³/mol. The molecule has 0 spiro atoms. The van der Waals surface area contributed by atoms with Crippen LogP contribution in [0.15, 0.2) is 140 Å². The predicted octanol–water partition coefficient (Wildman–Crippen LogP) is 11.1. The van der Waals surface area contributed by atoms with Gasteiger partial charge < -0.3 is 0 Å². The van der Waals surface area contributed by atoms with E-state index in [1.165, 1.54) is 26.1 Å². The molecule has 5 aromatic carbocycles. The molecule has 48 heavy (non-hydrogen) atoms. The third kappa shape index (κ3) is 4.42. The lowest BCUT2D eigenvalue weighted by molar-refractivity contribution is 0.972. The van der Waals surface area contributed by atoms with Crippen molar-refractivity contribution in [2.75, 3.05) is 0 Å². The highest BCUT2D eigenvalue weighted by Crippen LogP contribution is 2.41. The third-order valence-electron chi connectivity index (χ3n) is 8.87. The molecule has 0 aliphatic carbocycles. The summed E-state index contributed by atoms with van der Waals surface area (Å²) < 4.78 is 5.59. The van der Waals surface area contributed by atoms with Gasteiger partial charge in [0.25, 0.3) is 0 Å². The van der Waals surface area contributed by atoms with Crippen molar-refractivity contribution in [3.63, 3.8) is 0 Å². The highest BCUT2D eigenvalue weighted by molar-refractivity contribution is 7.20. The first kappa shape index (κ1) is 28.1. The molecule has 0 aliphatic heterocycles. The van der Waals surface area contributed by atoms with Crippen LogP contribution in [0, 0.1) is 0 Å². The van der Waals surface area contributed by atoms with Crippen molar-refractivity contribution in [2.45, 2.75) is 6.92 Å². The molecule has 4 aromatic heterocycles. The number of rotatable bonds is 6. The summed E-state index contributed by atoms with van der Waals surface area (Å²) in [5.74, 6) is 1.34. The molecule has 0 radical (unpaired) electrons. The van der Waals surface area contributed by atoms with Gasteiger partial charge in [0.05, 0.1) is 33.5 Å². The minimum Gasteiger partial charge on any atom is -0.276 e. The second kappa shape index (κ2) is 11.3. The number of aromatic nitrogens is 5. The van der Waals surface area contributed by atoms with Crippen molar-refractivity contribution in [1.82, 2.24) is 23.9 Å². The molecule has 0 saturated heterocycles. The number of hydrogen-bond donors (Lipinski definition) is 0. The van der Waals surface area contributed by atoms with Crippen molar-refractivity contribution in [3.8, 4) is 39.6 Å². The summed E-state index contributed by atoms with van der Waals surface area (Å²) in [6, 6.07) is 44.1. The van der Waals surface area contributed by atoms with E-state index in [2.05, 4.69) is 120 Å². The van der Waals surface area contributed by atoms with Gasteiger partial charge in [-0.25, -0.2) is 19.5 Å². The molecule has 9 rings (SSSR count). The maximum Gasteiger partial charge on any atom is 0.238 e. The highest BCUT2D eigenvalue weighted by Gasteiger charge is 2.22. The zero-order valence-corrected chi connectivity index (χ0v) is 27.0. The second-order valence-corrected chi connectivity index (χ2v) is 12.8. The molecule has 0 bridgehead atoms. The fourth-order valence-electron chi connectivity index (χ4n) is 6.68. The molecule has 0 fully saturated rings. The molecule has 9 aromatic rings. The number of benzene rings is 5. The van der Waals surface area contributed by atoms with Crippen LogP contribution in [0.4, 0.5) is 0 Å². The molecular formula is C42H29N5S. The molecule has 0 amide bonds. The normalized spacial score (nSPS) is 11.9. The number of nitrogens with zero attached hydrogens (tertiary/aromatic N) is 5. The first-order valence-corrected chi connectivity index (χ1v) is 16.8. The Balaban J connectivity index is 1.34. The first-order chi connectivity index (χ1) is 23.7. The summed E-state index contributed by atoms with van der Waals surface area (Å²) in [6.07, 6.45) is 6.23. The van der Waals surface area contributed by atoms with E-state index in [0.29, 0.717) is 5.95 Å². The van der Waals surface area contributed by atoms with Gasteiger partial charge in [-0.05, 0) is 60.0 Å². The number of fused-ring (bicyclic) bond motifs is 6. The van der Waals surface area contributed by atoms with E-state index in [4.69, 9.17) is 15.0 Å². The van der Waals surface area contributed by atoms with Gasteiger partial charge in [-0.2, -0.15) is 0 Å². The van der Waals surface area contributed by atoms with E-state index in [0.717, 1.165) is 55.9 Å². The maximum atomic E-state index is 5.19. The Morgan fingerprint density at radius 1 is 0.646 bits per heavy atom. The molecular weight excluding hydrogens is 607 g/mol. The Bertz CT molecular complexity index is 2640. The summed E-state index contributed by atoms with van der Waals surface area (Å²) >= 11 is 1.81. The van der Waals surface area contributed by atoms with Crippen LogP contribution in [0.3, 0.4) is 0 Å². The highest BCUT2D eigenvalue weighted by atomic mass is 32.1. The lowest BCUT2D eigenvalue weighted by Crippen LogP contribution is -2.04. The Labute approximate surface area is 281 Å². The molecule has 4 heterocycles. The molecule has 0 N–H and O–H groups in total. The van der Waals surface area contributed by atoms with Crippen molar-refractivity contribution >= 4 is 61.4 Å². The van der Waals surface area contributed by atoms with Crippen LogP contribution in [-0.2, 0) is 0 Å². The number of imidazole rings is 2. The average molecular weight is 636 g/mol. The number of allylic oxidation sites excluding steroid dienone is 1. The second-order valence-electron chi connectivity index (χ2n) is 11.7. The quantitative estimate of drug-likeness (QED) is 0.183. The summed E-state index contributed by atoms with van der Waals surface area (Å²) in [5, 5.41) is 1.22. The number of thiophene rings is 1. The Kier molecular flexibility index (Phi) is 6.62. The van der Waals surface area contributed by atoms with Crippen molar-refractivity contribution in [3.05, 3.63) is 150 Å². The SMILES string of the molecule is C=Cc1c(/C=C\C)sc2c(-c3ccc4c(c3)n3c5ccccc5nc3n4-c3nc(-c4ccccc4)cc(-c4ccccc4)n3)cccc12. The summed E-state index contributed by atoms with van der Waals surface area (Å²) in [4.78, 5) is 16.8. The zero-order chi connectivity index (χ0) is 32.2. The van der Waals surface area contributed by atoms with Crippen LogP contribution in [0.5, 0.6) is 0 Å². The lowest BCUT2D eigenvalue weighted by atomic mass is 10.0. The molecule has 5 nitrogen and oxygen atoms in total. The van der Waals surface area contributed by atoms with Gasteiger partial charge in [-0.1, -0.05) is 116 Å². The van der Waals surface area contributed by atoms with Gasteiger partial charge in [0.1, 0.15) is 0 Å². The Morgan fingerprint density at radius 2 is 1.35 bits per heavy atom. The van der Waals surface area contributed by atoms with Crippen LogP contribution < -0.4 is 0 Å². The third-order valence-corrected chi connectivity index (χ3v) is 10.1. The van der Waals surface area contributed by atoms with Gasteiger partial charge in [-0.15, -0.1) is 11.3 Å². The van der Waals surface area contributed by atoms with Crippen molar-refractivity contribution in [1.29, 1.82) is 0 Å². The standard InChI is InChI=1S/C42H29N5S/c1-3-14-39-30(4-2)32-20-13-19-31(40(32)48-39)29-23-24-37-38(25-29)46-36-22-12-11-21-33(36)45-42(46)47(37)41-43-34(27-15-7-5-8-16-27)26-35(44-41)28-17-9-6-10-18-28/h3-26H,2H2,1H3/b14-3-. The molecule has 228 valence electrons. The smallest absolute Gasteiger partial charge is 0.238 e. The Hall–Kier alpha value is -6.11. The van der Waals surface area contributed by atoms with Crippen LogP contribution in [0.25, 0.3) is 89.7 Å².